The van der Waals surface area contributed by atoms with Gasteiger partial charge >= 0.3 is 0 Å². The van der Waals surface area contributed by atoms with Crippen LogP contribution in [0.4, 0.5) is 0 Å². The second kappa shape index (κ2) is 5.25. The van der Waals surface area contributed by atoms with Crippen LogP contribution in [-0.4, -0.2) is 12.1 Å². The van der Waals surface area contributed by atoms with Crippen LogP contribution in [0.15, 0.2) is 0 Å². The summed E-state index contributed by atoms with van der Waals surface area (Å²) in [5, 5.41) is 4.15. The van der Waals surface area contributed by atoms with Crippen LogP contribution >= 0.6 is 0 Å². The molecule has 5 rings (SSSR count). The summed E-state index contributed by atoms with van der Waals surface area (Å²) in [7, 11) is 0. The Morgan fingerprint density at radius 1 is 1.00 bits per heavy atom. The molecule has 120 valence electrons. The van der Waals surface area contributed by atoms with E-state index in [1.165, 1.54) is 19.3 Å². The van der Waals surface area contributed by atoms with E-state index in [4.69, 9.17) is 0 Å². The third-order valence-corrected chi connectivity index (χ3v) is 8.22. The first-order chi connectivity index (χ1) is 10.1. The Labute approximate surface area is 131 Å². The lowest BCUT2D eigenvalue weighted by Gasteiger charge is -2.59. The van der Waals surface area contributed by atoms with Crippen molar-refractivity contribution in [3.63, 3.8) is 0 Å². The molecule has 0 saturated heterocycles. The van der Waals surface area contributed by atoms with Crippen LogP contribution in [0.5, 0.6) is 0 Å². The van der Waals surface area contributed by atoms with Crippen LogP contribution in [0, 0.1) is 35.0 Å². The summed E-state index contributed by atoms with van der Waals surface area (Å²) >= 11 is 0. The van der Waals surface area contributed by atoms with Gasteiger partial charge in [-0.3, -0.25) is 0 Å². The van der Waals surface area contributed by atoms with Gasteiger partial charge in [-0.15, -0.1) is 0 Å². The Balaban J connectivity index is 1.44. The first-order valence-corrected chi connectivity index (χ1v) is 9.85. The van der Waals surface area contributed by atoms with E-state index in [0.717, 1.165) is 41.7 Å². The van der Waals surface area contributed by atoms with Crippen LogP contribution in [0.3, 0.4) is 0 Å². The molecule has 1 heteroatoms. The maximum Gasteiger partial charge on any atom is 0.00982 e. The molecule has 1 nitrogen and oxygen atoms in total. The number of nitrogens with one attached hydrogen (secondary N) is 1. The predicted molar refractivity (Wildman–Crippen MR) is 89.2 cm³/mol. The minimum atomic E-state index is 0.679. The summed E-state index contributed by atoms with van der Waals surface area (Å²) in [4.78, 5) is 0. The first kappa shape index (κ1) is 14.5. The maximum absolute atomic E-state index is 4.15. The van der Waals surface area contributed by atoms with Gasteiger partial charge in [-0.05, 0) is 93.3 Å². The number of hydrogen-bond donors (Lipinski definition) is 1. The van der Waals surface area contributed by atoms with E-state index in [2.05, 4.69) is 26.1 Å². The quantitative estimate of drug-likeness (QED) is 0.767. The Hall–Kier alpha value is -0.0400. The summed E-state index contributed by atoms with van der Waals surface area (Å²) in [6.45, 7) is 7.43. The molecule has 4 bridgehead atoms. The van der Waals surface area contributed by atoms with Crippen molar-refractivity contribution < 1.29 is 0 Å². The normalized spacial score (nSPS) is 53.3. The van der Waals surface area contributed by atoms with Gasteiger partial charge in [0, 0.05) is 12.1 Å². The van der Waals surface area contributed by atoms with Crippen LogP contribution in [-0.2, 0) is 0 Å². The van der Waals surface area contributed by atoms with E-state index in [1.54, 1.807) is 38.5 Å². The second-order valence-electron chi connectivity index (χ2n) is 9.38. The molecule has 5 saturated carbocycles. The van der Waals surface area contributed by atoms with Crippen molar-refractivity contribution in [2.75, 3.05) is 0 Å². The largest absolute Gasteiger partial charge is 0.311 e. The molecule has 21 heavy (non-hydrogen) atoms. The summed E-state index contributed by atoms with van der Waals surface area (Å²) in [6, 6.07) is 1.56. The fraction of sp³-hybridized carbons (Fsp3) is 1.00. The molecule has 0 radical (unpaired) electrons. The monoisotopic (exact) mass is 289 g/mol. The van der Waals surface area contributed by atoms with E-state index in [-0.39, 0.29) is 0 Å². The highest BCUT2D eigenvalue weighted by Gasteiger charge is 2.53. The molecule has 0 aromatic heterocycles. The molecule has 0 heterocycles. The van der Waals surface area contributed by atoms with Gasteiger partial charge in [0.25, 0.3) is 0 Å². The fourth-order valence-electron chi connectivity index (χ4n) is 7.26. The zero-order valence-electron chi connectivity index (χ0n) is 14.4. The average Bonchev–Trinajstić information content (AvgIpc) is 2.78. The first-order valence-electron chi connectivity index (χ1n) is 9.85. The lowest BCUT2D eigenvalue weighted by Crippen LogP contribution is -2.56. The van der Waals surface area contributed by atoms with Crippen LogP contribution < -0.4 is 5.32 Å². The van der Waals surface area contributed by atoms with Crippen LogP contribution in [0.1, 0.15) is 78.6 Å². The van der Waals surface area contributed by atoms with Gasteiger partial charge < -0.3 is 5.32 Å². The molecule has 4 unspecified atom stereocenters. The zero-order valence-corrected chi connectivity index (χ0v) is 14.4. The van der Waals surface area contributed by atoms with Crippen molar-refractivity contribution in [3.8, 4) is 0 Å². The molecule has 0 amide bonds. The average molecular weight is 290 g/mol. The standard InChI is InChI=1S/C20H35N/c1-4-18-5-6-19(13(18)2)21-14(3)20-10-15-7-16(11-20)9-17(8-15)12-20/h13-19,21H,4-12H2,1-3H3. The molecule has 5 fully saturated rings. The van der Waals surface area contributed by atoms with Gasteiger partial charge in [-0.2, -0.15) is 0 Å². The van der Waals surface area contributed by atoms with Gasteiger partial charge in [0.05, 0.1) is 0 Å². The molecule has 4 atom stereocenters. The van der Waals surface area contributed by atoms with E-state index >= 15 is 0 Å². The Kier molecular flexibility index (Phi) is 3.64. The Morgan fingerprint density at radius 2 is 1.57 bits per heavy atom. The van der Waals surface area contributed by atoms with E-state index in [1.807, 2.05) is 0 Å². The van der Waals surface area contributed by atoms with Crippen molar-refractivity contribution in [1.29, 1.82) is 0 Å². The van der Waals surface area contributed by atoms with Crippen molar-refractivity contribution in [1.82, 2.24) is 5.32 Å². The molecule has 0 aromatic rings. The topological polar surface area (TPSA) is 12.0 Å². The van der Waals surface area contributed by atoms with Crippen molar-refractivity contribution >= 4 is 0 Å². The lowest BCUT2D eigenvalue weighted by molar-refractivity contribution is -0.0728. The number of rotatable bonds is 4. The molecule has 5 aliphatic carbocycles. The van der Waals surface area contributed by atoms with Gasteiger partial charge in [0.2, 0.25) is 0 Å². The van der Waals surface area contributed by atoms with Gasteiger partial charge in [-0.25, -0.2) is 0 Å². The molecule has 0 spiro atoms. The molecular weight excluding hydrogens is 254 g/mol. The van der Waals surface area contributed by atoms with Crippen LogP contribution in [0.25, 0.3) is 0 Å². The van der Waals surface area contributed by atoms with Crippen molar-refractivity contribution in [3.05, 3.63) is 0 Å². The maximum atomic E-state index is 4.15. The van der Waals surface area contributed by atoms with Crippen molar-refractivity contribution in [2.24, 2.45) is 35.0 Å². The lowest BCUT2D eigenvalue weighted by atomic mass is 9.48. The molecule has 5 aliphatic rings. The Bertz CT molecular complexity index is 352. The summed E-state index contributed by atoms with van der Waals surface area (Å²) < 4.78 is 0. The summed E-state index contributed by atoms with van der Waals surface area (Å²) in [5.74, 6) is 5.14. The number of hydrogen-bond acceptors (Lipinski definition) is 1. The van der Waals surface area contributed by atoms with Gasteiger partial charge in [0.15, 0.2) is 0 Å². The minimum Gasteiger partial charge on any atom is -0.311 e. The molecule has 0 aliphatic heterocycles. The highest BCUT2D eigenvalue weighted by molar-refractivity contribution is 5.06. The van der Waals surface area contributed by atoms with E-state index < -0.39 is 0 Å². The van der Waals surface area contributed by atoms with Crippen molar-refractivity contribution in [2.45, 2.75) is 90.6 Å². The third-order valence-electron chi connectivity index (χ3n) is 8.22. The molecule has 0 aromatic carbocycles. The SMILES string of the molecule is CCC1CCC(NC(C)C23CC4CC(CC(C4)C2)C3)C1C. The summed E-state index contributed by atoms with van der Waals surface area (Å²) in [6.07, 6.45) is 13.6. The van der Waals surface area contributed by atoms with Gasteiger partial charge in [0.1, 0.15) is 0 Å². The summed E-state index contributed by atoms with van der Waals surface area (Å²) in [5.41, 5.74) is 0.679. The minimum absolute atomic E-state index is 0.679. The predicted octanol–water partition coefficient (Wildman–Crippen LogP) is 5.01. The molecular formula is C20H35N. The highest BCUT2D eigenvalue weighted by Crippen LogP contribution is 2.61. The highest BCUT2D eigenvalue weighted by atomic mass is 15.0. The Morgan fingerprint density at radius 3 is 2.05 bits per heavy atom. The van der Waals surface area contributed by atoms with E-state index in [9.17, 15) is 0 Å². The van der Waals surface area contributed by atoms with Crippen LogP contribution in [0.2, 0.25) is 0 Å². The zero-order chi connectivity index (χ0) is 14.6. The second-order valence-corrected chi connectivity index (χ2v) is 9.38. The van der Waals surface area contributed by atoms with E-state index in [0.29, 0.717) is 5.41 Å². The van der Waals surface area contributed by atoms with Gasteiger partial charge in [-0.1, -0.05) is 20.3 Å². The molecule has 1 N–H and O–H groups in total. The fourth-order valence-corrected chi connectivity index (χ4v) is 7.26. The smallest absolute Gasteiger partial charge is 0.00982 e. The third kappa shape index (κ3) is 2.38.